The van der Waals surface area contributed by atoms with Crippen LogP contribution in [0.1, 0.15) is 29.2 Å². The molecule has 1 aliphatic heterocycles. The summed E-state index contributed by atoms with van der Waals surface area (Å²) in [5, 5.41) is 5.68. The highest BCUT2D eigenvalue weighted by Gasteiger charge is 2.33. The van der Waals surface area contributed by atoms with Crippen molar-refractivity contribution in [2.75, 3.05) is 7.11 Å². The molecule has 0 fully saturated rings. The van der Waals surface area contributed by atoms with Crippen molar-refractivity contribution < 1.29 is 19.1 Å². The van der Waals surface area contributed by atoms with Crippen LogP contribution in [0, 0.1) is 0 Å². The average molecular weight is 444 g/mol. The van der Waals surface area contributed by atoms with E-state index in [-0.39, 0.29) is 12.6 Å². The summed E-state index contributed by atoms with van der Waals surface area (Å²) in [6, 6.07) is 19.8. The van der Waals surface area contributed by atoms with Crippen LogP contribution in [0.2, 0.25) is 0 Å². The van der Waals surface area contributed by atoms with Gasteiger partial charge in [-0.05, 0) is 53.8 Å². The Balaban J connectivity index is 1.61. The number of hydrogen-bond donors (Lipinski definition) is 2. The number of carbonyl (C=O) groups is 2. The van der Waals surface area contributed by atoms with E-state index in [1.54, 1.807) is 31.6 Å². The molecule has 1 atom stereocenters. The van der Waals surface area contributed by atoms with Gasteiger partial charge in [0.15, 0.2) is 0 Å². The zero-order valence-electron chi connectivity index (χ0n) is 18.3. The molecule has 4 rings (SSSR count). The second kappa shape index (κ2) is 10.5. The van der Waals surface area contributed by atoms with Gasteiger partial charge in [-0.3, -0.25) is 4.98 Å². The molecule has 2 heterocycles. The number of carbonyl (C=O) groups excluding carboxylic acids is 2. The lowest BCUT2D eigenvalue weighted by Gasteiger charge is -2.29. The summed E-state index contributed by atoms with van der Waals surface area (Å²) in [5.41, 5.74) is 3.65. The maximum absolute atomic E-state index is 13.3. The van der Waals surface area contributed by atoms with Crippen molar-refractivity contribution >= 4 is 12.0 Å². The number of urea groups is 1. The van der Waals surface area contributed by atoms with Crippen LogP contribution >= 0.6 is 0 Å². The first-order chi connectivity index (χ1) is 16.1. The molecule has 0 saturated heterocycles. The van der Waals surface area contributed by atoms with E-state index < -0.39 is 12.0 Å². The van der Waals surface area contributed by atoms with Crippen molar-refractivity contribution in [1.82, 2.24) is 15.6 Å². The lowest BCUT2D eigenvalue weighted by molar-refractivity contribution is -0.140. The van der Waals surface area contributed by atoms with Gasteiger partial charge in [-0.2, -0.15) is 0 Å². The van der Waals surface area contributed by atoms with Crippen LogP contribution in [-0.2, 0) is 22.6 Å². The van der Waals surface area contributed by atoms with E-state index in [0.717, 1.165) is 22.4 Å². The van der Waals surface area contributed by atoms with Crippen molar-refractivity contribution in [3.63, 3.8) is 0 Å². The fraction of sp³-hybridized carbons (Fsp3) is 0.192. The number of aromatic nitrogens is 1. The SMILES string of the molecule is COc1ccc(CCC2=C(C(=O)OCc3ccccc3)C(c3ccncc3)NC(=O)N2)cc1. The third-order valence-corrected chi connectivity index (χ3v) is 5.45. The molecule has 2 N–H and O–H groups in total. The topological polar surface area (TPSA) is 89.6 Å². The molecule has 0 aliphatic carbocycles. The molecule has 1 aliphatic rings. The van der Waals surface area contributed by atoms with Gasteiger partial charge in [0.2, 0.25) is 0 Å². The number of esters is 1. The molecule has 1 aromatic heterocycles. The number of aryl methyl sites for hydroxylation is 1. The number of ether oxygens (including phenoxy) is 2. The van der Waals surface area contributed by atoms with E-state index >= 15 is 0 Å². The molecular formula is C26H25N3O4. The smallest absolute Gasteiger partial charge is 0.338 e. The number of allylic oxidation sites excluding steroid dienone is 1. The Hall–Kier alpha value is -4.13. The second-order valence-corrected chi connectivity index (χ2v) is 7.61. The minimum Gasteiger partial charge on any atom is -0.497 e. The number of benzene rings is 2. The summed E-state index contributed by atoms with van der Waals surface area (Å²) in [6.45, 7) is 0.145. The molecule has 1 unspecified atom stereocenters. The maximum Gasteiger partial charge on any atom is 0.338 e. The maximum atomic E-state index is 13.3. The molecule has 3 aromatic rings. The number of rotatable bonds is 8. The van der Waals surface area contributed by atoms with Gasteiger partial charge in [0.05, 0.1) is 18.7 Å². The minimum atomic E-state index is -0.629. The van der Waals surface area contributed by atoms with E-state index in [2.05, 4.69) is 15.6 Å². The van der Waals surface area contributed by atoms with Crippen LogP contribution in [0.5, 0.6) is 5.75 Å². The first-order valence-corrected chi connectivity index (χ1v) is 10.7. The Morgan fingerprint density at radius 2 is 1.67 bits per heavy atom. The standard InChI is InChI=1S/C26H25N3O4/c1-32-21-10-7-18(8-11-21)9-12-22-23(25(30)33-17-19-5-3-2-4-6-19)24(29-26(31)28-22)20-13-15-27-16-14-20/h2-8,10-11,13-16,24H,9,12,17H2,1H3,(H2,28,29,31). The Morgan fingerprint density at radius 1 is 0.939 bits per heavy atom. The Bertz CT molecular complexity index is 1130. The zero-order valence-corrected chi connectivity index (χ0v) is 18.3. The molecule has 0 bridgehead atoms. The first kappa shape index (κ1) is 22.1. The van der Waals surface area contributed by atoms with Crippen molar-refractivity contribution in [2.45, 2.75) is 25.5 Å². The Labute approximate surface area is 192 Å². The van der Waals surface area contributed by atoms with Gasteiger partial charge in [-0.1, -0.05) is 42.5 Å². The lowest BCUT2D eigenvalue weighted by atomic mass is 9.93. The summed E-state index contributed by atoms with van der Waals surface area (Å²) >= 11 is 0. The monoisotopic (exact) mass is 443 g/mol. The van der Waals surface area contributed by atoms with Crippen LogP contribution in [0.25, 0.3) is 0 Å². The van der Waals surface area contributed by atoms with E-state index in [4.69, 9.17) is 9.47 Å². The summed E-state index contributed by atoms with van der Waals surface area (Å²) < 4.78 is 10.9. The third-order valence-electron chi connectivity index (χ3n) is 5.45. The van der Waals surface area contributed by atoms with Gasteiger partial charge < -0.3 is 20.1 Å². The second-order valence-electron chi connectivity index (χ2n) is 7.61. The van der Waals surface area contributed by atoms with Crippen LogP contribution in [0.4, 0.5) is 4.79 Å². The van der Waals surface area contributed by atoms with Crippen LogP contribution in [0.3, 0.4) is 0 Å². The van der Waals surface area contributed by atoms with Gasteiger partial charge in [-0.25, -0.2) is 9.59 Å². The van der Waals surface area contributed by atoms with Crippen LogP contribution in [-0.4, -0.2) is 24.1 Å². The molecular weight excluding hydrogens is 418 g/mol. The highest BCUT2D eigenvalue weighted by molar-refractivity contribution is 5.95. The van der Waals surface area contributed by atoms with E-state index in [1.807, 2.05) is 54.6 Å². The van der Waals surface area contributed by atoms with E-state index in [9.17, 15) is 9.59 Å². The Morgan fingerprint density at radius 3 is 2.36 bits per heavy atom. The molecule has 7 heteroatoms. The van der Waals surface area contributed by atoms with Gasteiger partial charge in [-0.15, -0.1) is 0 Å². The van der Waals surface area contributed by atoms with Gasteiger partial charge in [0, 0.05) is 18.1 Å². The number of amides is 2. The molecule has 168 valence electrons. The Kier molecular flexibility index (Phi) is 6.99. The van der Waals surface area contributed by atoms with Crippen LogP contribution < -0.4 is 15.4 Å². The summed E-state index contributed by atoms with van der Waals surface area (Å²) in [5.74, 6) is 0.300. The molecule has 7 nitrogen and oxygen atoms in total. The molecule has 2 amide bonds. The zero-order chi connectivity index (χ0) is 23.0. The highest BCUT2D eigenvalue weighted by Crippen LogP contribution is 2.29. The highest BCUT2D eigenvalue weighted by atomic mass is 16.5. The first-order valence-electron chi connectivity index (χ1n) is 10.7. The average Bonchev–Trinajstić information content (AvgIpc) is 2.87. The predicted octanol–water partition coefficient (Wildman–Crippen LogP) is 4.07. The number of hydrogen-bond acceptors (Lipinski definition) is 5. The fourth-order valence-electron chi connectivity index (χ4n) is 3.72. The minimum absolute atomic E-state index is 0.145. The molecule has 0 spiro atoms. The van der Waals surface area contributed by atoms with Gasteiger partial charge in [0.25, 0.3) is 0 Å². The number of methoxy groups -OCH3 is 1. The molecule has 33 heavy (non-hydrogen) atoms. The molecule has 0 saturated carbocycles. The number of nitrogens with one attached hydrogen (secondary N) is 2. The third kappa shape index (κ3) is 5.57. The van der Waals surface area contributed by atoms with E-state index in [1.165, 1.54) is 0 Å². The largest absolute Gasteiger partial charge is 0.497 e. The van der Waals surface area contributed by atoms with E-state index in [0.29, 0.717) is 24.1 Å². The van der Waals surface area contributed by atoms with Crippen molar-refractivity contribution in [1.29, 1.82) is 0 Å². The van der Waals surface area contributed by atoms with Crippen LogP contribution in [0.15, 0.2) is 90.4 Å². The van der Waals surface area contributed by atoms with Crippen molar-refractivity contribution in [3.8, 4) is 5.75 Å². The van der Waals surface area contributed by atoms with Gasteiger partial charge >= 0.3 is 12.0 Å². The summed E-state index contributed by atoms with van der Waals surface area (Å²) in [6.07, 6.45) is 4.37. The summed E-state index contributed by atoms with van der Waals surface area (Å²) in [4.78, 5) is 29.8. The fourth-order valence-corrected chi connectivity index (χ4v) is 3.72. The molecule has 2 aromatic carbocycles. The molecule has 0 radical (unpaired) electrons. The van der Waals surface area contributed by atoms with Gasteiger partial charge in [0.1, 0.15) is 12.4 Å². The predicted molar refractivity (Wildman–Crippen MR) is 123 cm³/mol. The normalized spacial score (nSPS) is 15.4. The quantitative estimate of drug-likeness (QED) is 0.512. The summed E-state index contributed by atoms with van der Waals surface area (Å²) in [7, 11) is 1.62. The van der Waals surface area contributed by atoms with Crippen molar-refractivity contribution in [3.05, 3.63) is 107 Å². The number of nitrogens with zero attached hydrogens (tertiary/aromatic N) is 1. The lowest BCUT2D eigenvalue weighted by Crippen LogP contribution is -2.46. The number of pyridine rings is 1. The van der Waals surface area contributed by atoms with Crippen molar-refractivity contribution in [2.24, 2.45) is 0 Å².